The lowest BCUT2D eigenvalue weighted by Crippen LogP contribution is -1.94. The van der Waals surface area contributed by atoms with E-state index in [1.807, 2.05) is 66.9 Å². The molecular formula is C26H18N2O3. The van der Waals surface area contributed by atoms with Gasteiger partial charge in [-0.25, -0.2) is 4.68 Å². The Kier molecular flexibility index (Phi) is 4.69. The summed E-state index contributed by atoms with van der Waals surface area (Å²) in [5.41, 5.74) is 3.27. The average molecular weight is 406 g/mol. The number of carbonyl (C=O) groups is 1. The van der Waals surface area contributed by atoms with Crippen molar-refractivity contribution in [3.05, 3.63) is 108 Å². The lowest BCUT2D eigenvalue weighted by atomic mass is 10.1. The van der Waals surface area contributed by atoms with Crippen molar-refractivity contribution in [3.63, 3.8) is 0 Å². The molecule has 0 fully saturated rings. The van der Waals surface area contributed by atoms with E-state index in [1.165, 1.54) is 12.1 Å². The fourth-order valence-electron chi connectivity index (χ4n) is 3.45. The number of ketones is 1. The number of fused-ring (bicyclic) bond motifs is 1. The van der Waals surface area contributed by atoms with Crippen molar-refractivity contribution in [3.8, 4) is 22.9 Å². The summed E-state index contributed by atoms with van der Waals surface area (Å²) in [7, 11) is 0. The Morgan fingerprint density at radius 1 is 0.935 bits per heavy atom. The van der Waals surface area contributed by atoms with E-state index in [1.54, 1.807) is 29.0 Å². The van der Waals surface area contributed by atoms with Gasteiger partial charge in [-0.1, -0.05) is 48.5 Å². The molecule has 31 heavy (non-hydrogen) atoms. The zero-order chi connectivity index (χ0) is 21.2. The van der Waals surface area contributed by atoms with Gasteiger partial charge in [0.25, 0.3) is 0 Å². The van der Waals surface area contributed by atoms with E-state index in [-0.39, 0.29) is 17.1 Å². The molecule has 5 heteroatoms. The fraction of sp³-hybridized carbons (Fsp3) is 0. The number of aromatic hydroxyl groups is 1. The maximum atomic E-state index is 12.6. The van der Waals surface area contributed by atoms with E-state index in [4.69, 9.17) is 9.52 Å². The Balaban J connectivity index is 1.59. The highest BCUT2D eigenvalue weighted by molar-refractivity contribution is 6.08. The predicted molar refractivity (Wildman–Crippen MR) is 120 cm³/mol. The molecule has 5 aromatic rings. The second kappa shape index (κ2) is 7.80. The van der Waals surface area contributed by atoms with Crippen LogP contribution in [0, 0.1) is 0 Å². The summed E-state index contributed by atoms with van der Waals surface area (Å²) in [5, 5.41) is 15.7. The maximum Gasteiger partial charge on any atom is 0.189 e. The molecule has 0 aliphatic carbocycles. The van der Waals surface area contributed by atoms with E-state index in [9.17, 15) is 9.90 Å². The quantitative estimate of drug-likeness (QED) is 0.292. The summed E-state index contributed by atoms with van der Waals surface area (Å²) in [4.78, 5) is 12.6. The molecule has 0 atom stereocenters. The fourth-order valence-corrected chi connectivity index (χ4v) is 3.45. The molecule has 2 heterocycles. The standard InChI is InChI=1S/C26H18N2O3/c29-22-12-6-5-11-21(22)23(30)15-14-19-17-28(20-9-2-1-3-10-20)27-26(19)25-16-18-8-4-7-13-24(18)31-25/h1-17,29H/b15-14+. The van der Waals surface area contributed by atoms with E-state index in [0.717, 1.165) is 22.2 Å². The molecule has 0 saturated carbocycles. The minimum absolute atomic E-state index is 0.0466. The van der Waals surface area contributed by atoms with Gasteiger partial charge in [0, 0.05) is 17.1 Å². The van der Waals surface area contributed by atoms with Crippen LogP contribution in [0.2, 0.25) is 0 Å². The number of furan rings is 1. The summed E-state index contributed by atoms with van der Waals surface area (Å²) in [6.45, 7) is 0. The first kappa shape index (κ1) is 18.6. The Morgan fingerprint density at radius 2 is 1.68 bits per heavy atom. The summed E-state index contributed by atoms with van der Waals surface area (Å²) >= 11 is 0. The number of rotatable bonds is 5. The topological polar surface area (TPSA) is 68.3 Å². The molecule has 150 valence electrons. The van der Waals surface area contributed by atoms with Crippen LogP contribution in [0.15, 0.2) is 102 Å². The molecule has 1 N–H and O–H groups in total. The van der Waals surface area contributed by atoms with Gasteiger partial charge in [0.2, 0.25) is 0 Å². The summed E-state index contributed by atoms with van der Waals surface area (Å²) in [5.74, 6) is 0.279. The lowest BCUT2D eigenvalue weighted by Gasteiger charge is -1.99. The number of carbonyl (C=O) groups excluding carboxylic acids is 1. The van der Waals surface area contributed by atoms with Crippen LogP contribution < -0.4 is 0 Å². The Bertz CT molecular complexity index is 1380. The minimum Gasteiger partial charge on any atom is -0.507 e. The Hall–Kier alpha value is -4.38. The Labute approximate surface area is 178 Å². The van der Waals surface area contributed by atoms with Crippen molar-refractivity contribution in [2.45, 2.75) is 0 Å². The number of aromatic nitrogens is 2. The van der Waals surface area contributed by atoms with Crippen LogP contribution in [0.25, 0.3) is 34.2 Å². The molecule has 0 aliphatic rings. The number of benzene rings is 3. The van der Waals surface area contributed by atoms with Gasteiger partial charge in [-0.05, 0) is 48.6 Å². The van der Waals surface area contributed by atoms with Gasteiger partial charge >= 0.3 is 0 Å². The number of hydrogen-bond donors (Lipinski definition) is 1. The first-order chi connectivity index (χ1) is 15.2. The number of hydrogen-bond acceptors (Lipinski definition) is 4. The van der Waals surface area contributed by atoms with Crippen molar-refractivity contribution < 1.29 is 14.3 Å². The minimum atomic E-state index is -0.291. The number of nitrogens with zero attached hydrogens (tertiary/aromatic N) is 2. The molecule has 0 bridgehead atoms. The van der Waals surface area contributed by atoms with Crippen LogP contribution in [-0.2, 0) is 0 Å². The van der Waals surface area contributed by atoms with Gasteiger partial charge in [0.05, 0.1) is 11.3 Å². The third-order valence-corrected chi connectivity index (χ3v) is 5.01. The van der Waals surface area contributed by atoms with Crippen molar-refractivity contribution in [2.24, 2.45) is 0 Å². The first-order valence-electron chi connectivity index (χ1n) is 9.83. The molecule has 0 radical (unpaired) electrons. The van der Waals surface area contributed by atoms with E-state index in [0.29, 0.717) is 11.5 Å². The third-order valence-electron chi connectivity index (χ3n) is 5.01. The first-order valence-corrected chi connectivity index (χ1v) is 9.83. The highest BCUT2D eigenvalue weighted by atomic mass is 16.3. The second-order valence-electron chi connectivity index (χ2n) is 7.08. The lowest BCUT2D eigenvalue weighted by molar-refractivity contribution is 0.104. The van der Waals surface area contributed by atoms with Gasteiger partial charge in [-0.15, -0.1) is 0 Å². The van der Waals surface area contributed by atoms with Gasteiger partial charge in [-0.3, -0.25) is 4.79 Å². The van der Waals surface area contributed by atoms with Gasteiger partial charge < -0.3 is 9.52 Å². The summed E-state index contributed by atoms with van der Waals surface area (Å²) in [6.07, 6.45) is 4.99. The molecule has 0 amide bonds. The molecule has 0 saturated heterocycles. The van der Waals surface area contributed by atoms with Crippen LogP contribution in [0.4, 0.5) is 0 Å². The van der Waals surface area contributed by atoms with Gasteiger partial charge in [0.1, 0.15) is 17.0 Å². The van der Waals surface area contributed by atoms with Crippen LogP contribution in [0.5, 0.6) is 5.75 Å². The SMILES string of the molecule is O=C(/C=C/c1cn(-c2ccccc2)nc1-c1cc2ccccc2o1)c1ccccc1O. The van der Waals surface area contributed by atoms with Crippen molar-refractivity contribution in [1.29, 1.82) is 0 Å². The van der Waals surface area contributed by atoms with Crippen molar-refractivity contribution in [2.75, 3.05) is 0 Å². The largest absolute Gasteiger partial charge is 0.507 e. The molecule has 0 spiro atoms. The van der Waals surface area contributed by atoms with Crippen LogP contribution in [-0.4, -0.2) is 20.7 Å². The van der Waals surface area contributed by atoms with Crippen molar-refractivity contribution in [1.82, 2.24) is 9.78 Å². The van der Waals surface area contributed by atoms with Crippen LogP contribution in [0.3, 0.4) is 0 Å². The normalized spacial score (nSPS) is 11.4. The monoisotopic (exact) mass is 406 g/mol. The van der Waals surface area contributed by atoms with E-state index < -0.39 is 0 Å². The highest BCUT2D eigenvalue weighted by Crippen LogP contribution is 2.30. The molecule has 5 nitrogen and oxygen atoms in total. The summed E-state index contributed by atoms with van der Waals surface area (Å²) < 4.78 is 7.78. The zero-order valence-electron chi connectivity index (χ0n) is 16.5. The molecule has 3 aromatic carbocycles. The zero-order valence-corrected chi connectivity index (χ0v) is 16.5. The Morgan fingerprint density at radius 3 is 2.48 bits per heavy atom. The number of phenols is 1. The van der Waals surface area contributed by atoms with E-state index >= 15 is 0 Å². The predicted octanol–water partition coefficient (Wildman–Crippen LogP) is 5.89. The molecule has 0 aliphatic heterocycles. The highest BCUT2D eigenvalue weighted by Gasteiger charge is 2.16. The average Bonchev–Trinajstić information content (AvgIpc) is 3.42. The molecule has 0 unspecified atom stereocenters. The maximum absolute atomic E-state index is 12.6. The van der Waals surface area contributed by atoms with Crippen LogP contribution in [0.1, 0.15) is 15.9 Å². The second-order valence-corrected chi connectivity index (χ2v) is 7.08. The van der Waals surface area contributed by atoms with E-state index in [2.05, 4.69) is 0 Å². The summed E-state index contributed by atoms with van der Waals surface area (Å²) in [6, 6.07) is 25.9. The van der Waals surface area contributed by atoms with Crippen LogP contribution >= 0.6 is 0 Å². The van der Waals surface area contributed by atoms with Gasteiger partial charge in [-0.2, -0.15) is 5.10 Å². The molecule has 2 aromatic heterocycles. The van der Waals surface area contributed by atoms with Gasteiger partial charge in [0.15, 0.2) is 11.5 Å². The van der Waals surface area contributed by atoms with Crippen molar-refractivity contribution >= 4 is 22.8 Å². The smallest absolute Gasteiger partial charge is 0.189 e. The molecule has 5 rings (SSSR count). The molecular weight excluding hydrogens is 388 g/mol. The number of para-hydroxylation sites is 3. The number of allylic oxidation sites excluding steroid dienone is 1. The third kappa shape index (κ3) is 3.65. The number of phenolic OH excluding ortho intramolecular Hbond substituents is 1.